The van der Waals surface area contributed by atoms with E-state index < -0.39 is 378 Å². The second-order valence-electron chi connectivity index (χ2n) is 33.5. The maximum atomic E-state index is 14.5. The summed E-state index contributed by atoms with van der Waals surface area (Å²) in [7, 11) is 0. The average molecular weight is 2000 g/mol. The van der Waals surface area contributed by atoms with E-state index in [9.17, 15) is 167 Å². The number of carbonyl (C=O) groups excluding carboxylic acids is 14. The largest absolute Gasteiger partial charge is 0.480 e. The number of aliphatic hydroxyl groups is 8. The number of hydrogen-bond acceptors (Lipinski definition) is 39. The van der Waals surface area contributed by atoms with Crippen LogP contribution in [0.4, 0.5) is 0 Å². The van der Waals surface area contributed by atoms with Gasteiger partial charge < -0.3 is 200 Å². The van der Waals surface area contributed by atoms with Crippen molar-refractivity contribution in [3.63, 3.8) is 0 Å². The molecule has 34 unspecified atom stereocenters. The van der Waals surface area contributed by atoms with E-state index in [4.69, 9.17) is 54.1 Å². The highest BCUT2D eigenvalue weighted by Crippen LogP contribution is 2.37. The molecule has 139 heavy (non-hydrogen) atoms. The smallest absolute Gasteiger partial charge is 0.326 e. The van der Waals surface area contributed by atoms with E-state index in [1.165, 1.54) is 13.8 Å². The predicted molar refractivity (Wildman–Crippen MR) is 458 cm³/mol. The molecular formula is C80H130N16O43. The summed E-state index contributed by atoms with van der Waals surface area (Å²) >= 11 is 0. The van der Waals surface area contributed by atoms with Crippen molar-refractivity contribution in [3.05, 3.63) is 0 Å². The van der Waals surface area contributed by atoms with Gasteiger partial charge in [0, 0.05) is 40.5 Å². The minimum absolute atomic E-state index is 0.105. The molecule has 0 aliphatic carbocycles. The number of aliphatic hydroxyl groups excluding tert-OH is 8. The molecule has 4 fully saturated rings. The summed E-state index contributed by atoms with van der Waals surface area (Å²) in [5.41, 5.74) is 11.2. The summed E-state index contributed by atoms with van der Waals surface area (Å²) < 4.78 is 55.7. The van der Waals surface area contributed by atoms with Crippen molar-refractivity contribution < 1.29 is 210 Å². The van der Waals surface area contributed by atoms with Gasteiger partial charge in [-0.1, -0.05) is 0 Å². The molecule has 788 valence electrons. The quantitative estimate of drug-likeness (QED) is 0.0269. The van der Waals surface area contributed by atoms with Gasteiger partial charge in [-0.25, -0.2) is 9.59 Å². The summed E-state index contributed by atoms with van der Waals surface area (Å²) in [6, 6.07) is -26.5. The van der Waals surface area contributed by atoms with Crippen LogP contribution in [0, 0.1) is 0 Å². The highest BCUT2D eigenvalue weighted by atomic mass is 16.8. The fraction of sp³-hybridized carbons (Fsp3) is 0.750. The van der Waals surface area contributed by atoms with Crippen molar-refractivity contribution in [3.8, 4) is 0 Å². The molecule has 0 spiro atoms. The minimum Gasteiger partial charge on any atom is -0.480 e. The molecule has 0 aromatic rings. The third-order valence-corrected chi connectivity index (χ3v) is 22.2. The van der Waals surface area contributed by atoms with Crippen LogP contribution in [-0.4, -0.2) is 424 Å². The molecule has 59 nitrogen and oxygen atoms in total. The number of nitrogens with two attached hydrogens (primary N) is 2. The average Bonchev–Trinajstić information content (AvgIpc) is 0.760. The van der Waals surface area contributed by atoms with Crippen molar-refractivity contribution in [2.24, 2.45) is 11.5 Å². The minimum atomic E-state index is -2.32. The van der Waals surface area contributed by atoms with Crippen molar-refractivity contribution in [1.82, 2.24) is 74.4 Å². The van der Waals surface area contributed by atoms with E-state index in [0.29, 0.717) is 0 Å². The lowest BCUT2D eigenvalue weighted by molar-refractivity contribution is -0.365. The molecule has 4 rings (SSSR count). The third-order valence-electron chi connectivity index (χ3n) is 22.2. The van der Waals surface area contributed by atoms with Gasteiger partial charge in [-0.3, -0.25) is 86.3 Å². The SMILES string of the molecule is CC(=O)NC1C(OC2C(CO)OC(OC3C(CO)OC(OC4C(CO)OC(O)C(NC(C)=O)C4OC(C)C(=O)NC(C)C(=O)NC(CCC(=O)NC(CCCC(N)C(=O)O)C(=O)NC(C)C(=O)NC(C)C(=O)O)C(=O)O)C(NC(C)=O)C3O)C(NC(C)=O)C2OC(C)C(=O)NC(C)C(=O)NC(CCC(=O)NC(CCCC(N)C(=O)O)C(=O)NC(C)C(=O)NC(C)C(=O)O)C(=O)O)OC(CO)C(O)C1O. The number of carboxylic acids is 6. The first-order chi connectivity index (χ1) is 64.9. The standard InChI is InChI=1S/C80H130N16O43/c1-27(63(110)87-31(5)71(118)119)85-69(116)41(17-13-15-39(81)73(122)123)93-49(105)21-19-43(75(126)127)95-65(112)29(3)83-67(114)33(7)131-61-53(91-37(11)103)77(130)133-47(25-99)59(61)138-79-52(90-36(10)102)57(109)58(46(24-98)135-79)137-80-54(92-38(12)104)62(60(48(26-100)136-80)139-78-51(89-35(9)101)56(108)55(107)45(23-97)134-78)132-34(8)68(115)84-30(4)66(113)96-44(76(128)129)20-22-50(106)94-42(18-14-16-40(82)74(124)125)70(117)86-28(2)64(111)88-32(6)72(120)121/h27-34,39-48,51-62,77-80,97-100,107-109,130H,13-26,81-82H2,1-12H3,(H,83,114)(H,84,115)(H,85,116)(H,86,117)(H,87,110)(H,88,111)(H,89,101)(H,90,102)(H,91,103)(H,92,104)(H,93,105)(H,94,106)(H,95,112)(H,96,113)(H,118,119)(H,120,121)(H,122,123)(H,124,125)(H,126,127)(H,128,129). The van der Waals surface area contributed by atoms with Gasteiger partial charge >= 0.3 is 35.8 Å². The van der Waals surface area contributed by atoms with Crippen LogP contribution in [-0.2, 0) is 139 Å². The zero-order valence-electron chi connectivity index (χ0n) is 77.8. The van der Waals surface area contributed by atoms with Gasteiger partial charge in [-0.2, -0.15) is 0 Å². The molecule has 0 aromatic carbocycles. The zero-order valence-corrected chi connectivity index (χ0v) is 77.8. The first-order valence-electron chi connectivity index (χ1n) is 44.0. The highest BCUT2D eigenvalue weighted by Gasteiger charge is 2.58. The van der Waals surface area contributed by atoms with Crippen molar-refractivity contribution in [1.29, 1.82) is 0 Å². The number of aliphatic carboxylic acids is 6. The summed E-state index contributed by atoms with van der Waals surface area (Å²) in [5.74, 6) is -23.9. The Kier molecular flexibility index (Phi) is 49.0. The summed E-state index contributed by atoms with van der Waals surface area (Å²) in [5, 5.41) is 180. The highest BCUT2D eigenvalue weighted by molar-refractivity contribution is 5.96. The summed E-state index contributed by atoms with van der Waals surface area (Å²) in [4.78, 5) is 259. The normalized spacial score (nSPS) is 27.6. The molecule has 14 amide bonds. The monoisotopic (exact) mass is 2000 g/mol. The van der Waals surface area contributed by atoms with E-state index >= 15 is 0 Å². The van der Waals surface area contributed by atoms with Gasteiger partial charge in [0.1, 0.15) is 182 Å². The van der Waals surface area contributed by atoms with E-state index in [0.717, 1.165) is 69.2 Å². The Bertz CT molecular complexity index is 4260. The van der Waals surface area contributed by atoms with E-state index in [-0.39, 0.29) is 38.5 Å². The van der Waals surface area contributed by atoms with Crippen LogP contribution in [0.2, 0.25) is 0 Å². The van der Waals surface area contributed by atoms with Crippen LogP contribution >= 0.6 is 0 Å². The first kappa shape index (κ1) is 120. The molecule has 32 N–H and O–H groups in total. The van der Waals surface area contributed by atoms with Crippen LogP contribution in [0.15, 0.2) is 0 Å². The van der Waals surface area contributed by atoms with Crippen LogP contribution < -0.4 is 85.9 Å². The van der Waals surface area contributed by atoms with Crippen LogP contribution in [0.25, 0.3) is 0 Å². The Morgan fingerprint density at radius 3 is 0.935 bits per heavy atom. The number of amides is 14. The topological polar surface area (TPSA) is 928 Å². The first-order valence-corrected chi connectivity index (χ1v) is 44.0. The molecule has 0 aromatic heterocycles. The second kappa shape index (κ2) is 56.8. The van der Waals surface area contributed by atoms with Gasteiger partial charge in [0.2, 0.25) is 82.7 Å². The fourth-order valence-electron chi connectivity index (χ4n) is 14.5. The number of rotatable bonds is 56. The van der Waals surface area contributed by atoms with Gasteiger partial charge in [0.15, 0.2) is 25.2 Å². The fourth-order valence-corrected chi connectivity index (χ4v) is 14.5. The van der Waals surface area contributed by atoms with E-state index in [1.807, 2.05) is 0 Å². The molecule has 34 atom stereocenters. The van der Waals surface area contributed by atoms with Gasteiger partial charge in [-0.15, -0.1) is 0 Å². The van der Waals surface area contributed by atoms with E-state index in [2.05, 4.69) is 74.4 Å². The number of ether oxygens (including phenoxy) is 9. The maximum absolute atomic E-state index is 14.5. The molecular weight excluding hydrogens is 1870 g/mol. The van der Waals surface area contributed by atoms with Crippen LogP contribution in [0.1, 0.15) is 147 Å². The predicted octanol–water partition coefficient (Wildman–Crippen LogP) is -14.3. The van der Waals surface area contributed by atoms with Crippen molar-refractivity contribution >= 4 is 119 Å². The molecule has 4 aliphatic rings. The second-order valence-corrected chi connectivity index (χ2v) is 33.5. The molecule has 0 bridgehead atoms. The van der Waals surface area contributed by atoms with E-state index in [1.54, 1.807) is 0 Å². The van der Waals surface area contributed by atoms with Gasteiger partial charge in [0.05, 0.1) is 26.4 Å². The lowest BCUT2D eigenvalue weighted by Gasteiger charge is -2.52. The lowest BCUT2D eigenvalue weighted by atomic mass is 9.92. The Balaban J connectivity index is 1.69. The molecule has 4 saturated heterocycles. The van der Waals surface area contributed by atoms with Crippen LogP contribution in [0.3, 0.4) is 0 Å². The maximum Gasteiger partial charge on any atom is 0.326 e. The Labute approximate surface area is 792 Å². The number of carbonyl (C=O) groups is 20. The Morgan fingerprint density at radius 2 is 0.590 bits per heavy atom. The molecule has 59 heteroatoms. The number of nitrogens with one attached hydrogen (secondary N) is 14. The number of carboxylic acid groups (broad SMARTS) is 6. The van der Waals surface area contributed by atoms with Crippen molar-refractivity contribution in [2.45, 2.75) is 355 Å². The van der Waals surface area contributed by atoms with Crippen LogP contribution in [0.5, 0.6) is 0 Å². The van der Waals surface area contributed by atoms with Gasteiger partial charge in [-0.05, 0) is 107 Å². The molecule has 4 aliphatic heterocycles. The summed E-state index contributed by atoms with van der Waals surface area (Å²) in [6.07, 6.45) is -40.7. The molecule has 4 heterocycles. The zero-order chi connectivity index (χ0) is 105. The van der Waals surface area contributed by atoms with Crippen molar-refractivity contribution in [2.75, 3.05) is 26.4 Å². The molecule has 0 saturated carbocycles. The molecule has 0 radical (unpaired) electrons. The Hall–Kier alpha value is -11.4. The number of hydrogen-bond donors (Lipinski definition) is 30. The Morgan fingerprint density at radius 1 is 0.295 bits per heavy atom. The lowest BCUT2D eigenvalue weighted by Crippen LogP contribution is -2.72. The van der Waals surface area contributed by atoms with Gasteiger partial charge in [0.25, 0.3) is 0 Å². The summed E-state index contributed by atoms with van der Waals surface area (Å²) in [6.45, 7) is 7.89. The third kappa shape index (κ3) is 37.0.